The molecular formula is C13H17N3O2. The van der Waals surface area contributed by atoms with Gasteiger partial charge in [-0.15, -0.1) is 0 Å². The van der Waals surface area contributed by atoms with E-state index < -0.39 is 0 Å². The van der Waals surface area contributed by atoms with Gasteiger partial charge in [0.1, 0.15) is 0 Å². The summed E-state index contributed by atoms with van der Waals surface area (Å²) in [6, 6.07) is 6.00. The molecule has 0 saturated carbocycles. The number of nitrogens with one attached hydrogen (secondary N) is 1. The molecular weight excluding hydrogens is 230 g/mol. The Bertz CT molecular complexity index is 623. The SMILES string of the molecule is Cn1c(=O)oc2ccc(C(N)C3CCCN3)cc21. The van der Waals surface area contributed by atoms with Gasteiger partial charge in [-0.3, -0.25) is 4.57 Å². The van der Waals surface area contributed by atoms with Crippen molar-refractivity contribution in [1.29, 1.82) is 0 Å². The van der Waals surface area contributed by atoms with Crippen LogP contribution in [0.4, 0.5) is 0 Å². The molecule has 1 aliphatic rings. The molecule has 0 bridgehead atoms. The van der Waals surface area contributed by atoms with E-state index in [1.165, 1.54) is 11.0 Å². The minimum absolute atomic E-state index is 0.0399. The van der Waals surface area contributed by atoms with Gasteiger partial charge in [0, 0.05) is 19.1 Å². The third kappa shape index (κ3) is 1.76. The van der Waals surface area contributed by atoms with E-state index in [0.29, 0.717) is 11.6 Å². The van der Waals surface area contributed by atoms with Gasteiger partial charge in [-0.1, -0.05) is 6.07 Å². The minimum Gasteiger partial charge on any atom is -0.408 e. The molecule has 1 fully saturated rings. The predicted octanol–water partition coefficient (Wildman–Crippen LogP) is 0.883. The van der Waals surface area contributed by atoms with Crippen molar-refractivity contribution in [3.05, 3.63) is 34.3 Å². The Morgan fingerprint density at radius 1 is 1.56 bits per heavy atom. The number of fused-ring (bicyclic) bond motifs is 1. The highest BCUT2D eigenvalue weighted by atomic mass is 16.4. The largest absolute Gasteiger partial charge is 0.419 e. The normalized spacial score (nSPS) is 21.6. The van der Waals surface area contributed by atoms with Crippen LogP contribution in [0.3, 0.4) is 0 Å². The number of aryl methyl sites for hydroxylation is 1. The Labute approximate surface area is 105 Å². The molecule has 2 atom stereocenters. The highest BCUT2D eigenvalue weighted by Gasteiger charge is 2.23. The van der Waals surface area contributed by atoms with Gasteiger partial charge < -0.3 is 15.5 Å². The van der Waals surface area contributed by atoms with Crippen molar-refractivity contribution in [1.82, 2.24) is 9.88 Å². The second-order valence-electron chi connectivity index (χ2n) is 4.88. The van der Waals surface area contributed by atoms with Gasteiger partial charge in [0.25, 0.3) is 0 Å². The molecule has 96 valence electrons. The summed E-state index contributed by atoms with van der Waals surface area (Å²) in [6.07, 6.45) is 2.27. The molecule has 1 aliphatic heterocycles. The number of oxazole rings is 1. The molecule has 2 unspecified atom stereocenters. The van der Waals surface area contributed by atoms with E-state index in [1.807, 2.05) is 18.2 Å². The fourth-order valence-corrected chi connectivity index (χ4v) is 2.60. The fourth-order valence-electron chi connectivity index (χ4n) is 2.60. The first-order valence-electron chi connectivity index (χ1n) is 6.25. The van der Waals surface area contributed by atoms with Crippen molar-refractivity contribution >= 4 is 11.1 Å². The third-order valence-corrected chi connectivity index (χ3v) is 3.73. The van der Waals surface area contributed by atoms with E-state index in [9.17, 15) is 4.79 Å². The summed E-state index contributed by atoms with van der Waals surface area (Å²) < 4.78 is 6.62. The second-order valence-corrected chi connectivity index (χ2v) is 4.88. The number of hydrogen-bond acceptors (Lipinski definition) is 4. The summed E-state index contributed by atoms with van der Waals surface area (Å²) in [7, 11) is 1.71. The van der Waals surface area contributed by atoms with Gasteiger partial charge in [0.05, 0.1) is 5.52 Å². The van der Waals surface area contributed by atoms with Gasteiger partial charge >= 0.3 is 5.76 Å². The molecule has 0 radical (unpaired) electrons. The predicted molar refractivity (Wildman–Crippen MR) is 69.4 cm³/mol. The first-order chi connectivity index (χ1) is 8.66. The minimum atomic E-state index is -0.338. The number of rotatable bonds is 2. The molecule has 2 aromatic rings. The van der Waals surface area contributed by atoms with Crippen LogP contribution in [0.2, 0.25) is 0 Å². The average molecular weight is 247 g/mol. The summed E-state index contributed by atoms with van der Waals surface area (Å²) >= 11 is 0. The van der Waals surface area contributed by atoms with Crippen molar-refractivity contribution in [3.8, 4) is 0 Å². The molecule has 1 aromatic heterocycles. The number of nitrogens with two attached hydrogens (primary N) is 1. The monoisotopic (exact) mass is 247 g/mol. The standard InChI is InChI=1S/C13H17N3O2/c1-16-10-7-8(4-5-11(10)18-13(16)17)12(14)9-3-2-6-15-9/h4-5,7,9,12,15H,2-3,6,14H2,1H3. The maximum atomic E-state index is 11.4. The maximum Gasteiger partial charge on any atom is 0.419 e. The smallest absolute Gasteiger partial charge is 0.408 e. The Morgan fingerprint density at radius 2 is 2.39 bits per heavy atom. The first kappa shape index (κ1) is 11.5. The Balaban J connectivity index is 2.01. The van der Waals surface area contributed by atoms with Crippen molar-refractivity contribution < 1.29 is 4.42 Å². The van der Waals surface area contributed by atoms with Crippen LogP contribution in [0.25, 0.3) is 11.1 Å². The maximum absolute atomic E-state index is 11.4. The number of hydrogen-bond donors (Lipinski definition) is 2. The molecule has 0 spiro atoms. The molecule has 0 amide bonds. The van der Waals surface area contributed by atoms with Crippen LogP contribution >= 0.6 is 0 Å². The number of nitrogens with zero attached hydrogens (tertiary/aromatic N) is 1. The Morgan fingerprint density at radius 3 is 3.11 bits per heavy atom. The molecule has 3 rings (SSSR count). The van der Waals surface area contributed by atoms with Crippen LogP contribution in [0.15, 0.2) is 27.4 Å². The number of benzene rings is 1. The molecule has 0 aliphatic carbocycles. The Hall–Kier alpha value is -1.59. The van der Waals surface area contributed by atoms with Gasteiger partial charge in [0.15, 0.2) is 5.58 Å². The van der Waals surface area contributed by atoms with E-state index in [0.717, 1.165) is 24.0 Å². The highest BCUT2D eigenvalue weighted by Crippen LogP contribution is 2.23. The molecule has 18 heavy (non-hydrogen) atoms. The van der Waals surface area contributed by atoms with Crippen LogP contribution in [0.5, 0.6) is 0 Å². The van der Waals surface area contributed by atoms with Crippen LogP contribution < -0.4 is 16.8 Å². The van der Waals surface area contributed by atoms with Gasteiger partial charge in [-0.05, 0) is 37.1 Å². The van der Waals surface area contributed by atoms with Crippen LogP contribution in [0, 0.1) is 0 Å². The zero-order valence-corrected chi connectivity index (χ0v) is 10.3. The summed E-state index contributed by atoms with van der Waals surface area (Å²) in [5.41, 5.74) is 8.71. The summed E-state index contributed by atoms with van der Waals surface area (Å²) in [5, 5.41) is 3.41. The lowest BCUT2D eigenvalue weighted by Gasteiger charge is -2.19. The summed E-state index contributed by atoms with van der Waals surface area (Å²) in [4.78, 5) is 11.4. The molecule has 1 aromatic carbocycles. The molecule has 1 saturated heterocycles. The third-order valence-electron chi connectivity index (χ3n) is 3.73. The summed E-state index contributed by atoms with van der Waals surface area (Å²) in [5.74, 6) is -0.338. The average Bonchev–Trinajstić information content (AvgIpc) is 2.99. The number of aromatic nitrogens is 1. The van der Waals surface area contributed by atoms with Gasteiger partial charge in [0.2, 0.25) is 0 Å². The highest BCUT2D eigenvalue weighted by molar-refractivity contribution is 5.73. The van der Waals surface area contributed by atoms with E-state index >= 15 is 0 Å². The van der Waals surface area contributed by atoms with Gasteiger partial charge in [-0.25, -0.2) is 4.79 Å². The second kappa shape index (κ2) is 4.26. The van der Waals surface area contributed by atoms with E-state index in [2.05, 4.69) is 5.32 Å². The van der Waals surface area contributed by atoms with E-state index in [1.54, 1.807) is 7.05 Å². The summed E-state index contributed by atoms with van der Waals surface area (Å²) in [6.45, 7) is 1.03. The van der Waals surface area contributed by atoms with E-state index in [-0.39, 0.29) is 11.8 Å². The van der Waals surface area contributed by atoms with Crippen LogP contribution in [-0.4, -0.2) is 17.2 Å². The lowest BCUT2D eigenvalue weighted by Crippen LogP contribution is -2.34. The quantitative estimate of drug-likeness (QED) is 0.826. The molecule has 2 heterocycles. The van der Waals surface area contributed by atoms with Crippen molar-refractivity contribution in [2.75, 3.05) is 6.54 Å². The first-order valence-corrected chi connectivity index (χ1v) is 6.25. The van der Waals surface area contributed by atoms with E-state index in [4.69, 9.17) is 10.2 Å². The van der Waals surface area contributed by atoms with Crippen molar-refractivity contribution in [3.63, 3.8) is 0 Å². The lowest BCUT2D eigenvalue weighted by molar-refractivity contribution is 0.501. The van der Waals surface area contributed by atoms with Crippen molar-refractivity contribution in [2.45, 2.75) is 24.9 Å². The van der Waals surface area contributed by atoms with Crippen LogP contribution in [0.1, 0.15) is 24.4 Å². The zero-order valence-electron chi connectivity index (χ0n) is 10.3. The topological polar surface area (TPSA) is 73.2 Å². The molecule has 5 nitrogen and oxygen atoms in total. The Kier molecular flexibility index (Phi) is 2.72. The zero-order chi connectivity index (χ0) is 12.7. The van der Waals surface area contributed by atoms with Crippen LogP contribution in [-0.2, 0) is 7.05 Å². The van der Waals surface area contributed by atoms with Crippen molar-refractivity contribution in [2.24, 2.45) is 12.8 Å². The fraction of sp³-hybridized carbons (Fsp3) is 0.462. The molecule has 3 N–H and O–H groups in total. The molecule has 5 heteroatoms. The van der Waals surface area contributed by atoms with Gasteiger partial charge in [-0.2, -0.15) is 0 Å². The lowest BCUT2D eigenvalue weighted by atomic mass is 9.99.